The van der Waals surface area contributed by atoms with Crippen molar-refractivity contribution in [2.45, 2.75) is 30.1 Å². The Labute approximate surface area is 107 Å². The summed E-state index contributed by atoms with van der Waals surface area (Å²) < 4.78 is 25.0. The number of hydrogen-bond donors (Lipinski definition) is 0. The highest BCUT2D eigenvalue weighted by molar-refractivity contribution is 7.92. The number of hydrogen-bond acceptors (Lipinski definition) is 2. The molecule has 0 fully saturated rings. The van der Waals surface area contributed by atoms with Gasteiger partial charge in [-0.2, -0.15) is 0 Å². The second kappa shape index (κ2) is 3.69. The molecule has 3 rings (SSSR count). The Morgan fingerprint density at radius 3 is 2.50 bits per heavy atom. The van der Waals surface area contributed by atoms with Crippen LogP contribution >= 0.6 is 0 Å². The molecule has 1 heterocycles. The first-order valence-electron chi connectivity index (χ1n) is 6.03. The highest BCUT2D eigenvalue weighted by Crippen LogP contribution is 2.44. The van der Waals surface area contributed by atoms with Crippen molar-refractivity contribution in [3.05, 3.63) is 47.5 Å². The summed E-state index contributed by atoms with van der Waals surface area (Å²) in [5.41, 5.74) is 3.73. The van der Waals surface area contributed by atoms with Crippen LogP contribution in [-0.2, 0) is 16.3 Å². The first-order valence-corrected chi connectivity index (χ1v) is 7.52. The van der Waals surface area contributed by atoms with Crippen LogP contribution in [0.5, 0.6) is 0 Å². The molecule has 1 aliphatic heterocycles. The number of aryl methyl sites for hydroxylation is 2. The molecule has 0 bridgehead atoms. The lowest BCUT2D eigenvalue weighted by Gasteiger charge is -2.06. The van der Waals surface area contributed by atoms with E-state index in [1.165, 1.54) is 5.56 Å². The van der Waals surface area contributed by atoms with Gasteiger partial charge in [0.25, 0.3) is 0 Å². The summed E-state index contributed by atoms with van der Waals surface area (Å²) in [7, 11) is -3.32. The Hall–Kier alpha value is -1.61. The van der Waals surface area contributed by atoms with E-state index in [0.29, 0.717) is 9.79 Å². The van der Waals surface area contributed by atoms with Gasteiger partial charge in [-0.1, -0.05) is 31.2 Å². The Morgan fingerprint density at radius 2 is 1.78 bits per heavy atom. The molecule has 3 heteroatoms. The van der Waals surface area contributed by atoms with Gasteiger partial charge in [-0.25, -0.2) is 8.42 Å². The van der Waals surface area contributed by atoms with Crippen LogP contribution in [0.1, 0.15) is 18.1 Å². The lowest BCUT2D eigenvalue weighted by molar-refractivity contribution is 0.598. The maximum Gasteiger partial charge on any atom is 0.208 e. The van der Waals surface area contributed by atoms with Crippen molar-refractivity contribution in [3.63, 3.8) is 0 Å². The summed E-state index contributed by atoms with van der Waals surface area (Å²) in [6.45, 7) is 3.96. The van der Waals surface area contributed by atoms with Gasteiger partial charge in [0.15, 0.2) is 0 Å². The standard InChI is InChI=1S/C15H14O2S/c1-3-11-8-10(2)15-13(9-11)12-6-4-5-7-14(12)18(15,16)17/h4-9H,3H2,1-2H3. The van der Waals surface area contributed by atoms with Crippen molar-refractivity contribution in [2.24, 2.45) is 0 Å². The predicted octanol–water partition coefficient (Wildman–Crippen LogP) is 3.37. The molecule has 18 heavy (non-hydrogen) atoms. The van der Waals surface area contributed by atoms with Crippen LogP contribution in [0, 0.1) is 6.92 Å². The van der Waals surface area contributed by atoms with Crippen LogP contribution in [0.15, 0.2) is 46.2 Å². The van der Waals surface area contributed by atoms with Crippen LogP contribution in [-0.4, -0.2) is 8.42 Å². The van der Waals surface area contributed by atoms with Gasteiger partial charge in [0.1, 0.15) is 0 Å². The molecular formula is C15H14O2S. The van der Waals surface area contributed by atoms with E-state index in [-0.39, 0.29) is 0 Å². The zero-order valence-electron chi connectivity index (χ0n) is 10.4. The highest BCUT2D eigenvalue weighted by Gasteiger charge is 2.34. The lowest BCUT2D eigenvalue weighted by Crippen LogP contribution is -1.99. The van der Waals surface area contributed by atoms with E-state index in [9.17, 15) is 8.42 Å². The second-order valence-electron chi connectivity index (χ2n) is 4.64. The smallest absolute Gasteiger partial charge is 0.208 e. The van der Waals surface area contributed by atoms with Gasteiger partial charge in [0.05, 0.1) is 9.79 Å². The van der Waals surface area contributed by atoms with E-state index in [0.717, 1.165) is 23.1 Å². The Balaban J connectivity index is 2.47. The van der Waals surface area contributed by atoms with Gasteiger partial charge in [0.2, 0.25) is 9.84 Å². The highest BCUT2D eigenvalue weighted by atomic mass is 32.2. The van der Waals surface area contributed by atoms with Crippen molar-refractivity contribution in [1.29, 1.82) is 0 Å². The van der Waals surface area contributed by atoms with E-state index < -0.39 is 9.84 Å². The average Bonchev–Trinajstić information content (AvgIpc) is 2.59. The summed E-state index contributed by atoms with van der Waals surface area (Å²) in [4.78, 5) is 0.928. The molecule has 2 nitrogen and oxygen atoms in total. The Morgan fingerprint density at radius 1 is 1.06 bits per heavy atom. The summed E-state index contributed by atoms with van der Waals surface area (Å²) in [5.74, 6) is 0. The van der Waals surface area contributed by atoms with Gasteiger partial charge in [-0.05, 0) is 36.6 Å². The second-order valence-corrected chi connectivity index (χ2v) is 6.50. The van der Waals surface area contributed by atoms with Crippen molar-refractivity contribution in [2.75, 3.05) is 0 Å². The van der Waals surface area contributed by atoms with E-state index in [4.69, 9.17) is 0 Å². The van der Waals surface area contributed by atoms with Gasteiger partial charge in [-0.15, -0.1) is 0 Å². The fraction of sp³-hybridized carbons (Fsp3) is 0.200. The third-order valence-electron chi connectivity index (χ3n) is 3.48. The van der Waals surface area contributed by atoms with Crippen LogP contribution in [0.2, 0.25) is 0 Å². The molecule has 2 aromatic rings. The van der Waals surface area contributed by atoms with Crippen LogP contribution in [0.25, 0.3) is 11.1 Å². The first kappa shape index (κ1) is 11.5. The zero-order chi connectivity index (χ0) is 12.9. The number of benzene rings is 2. The van der Waals surface area contributed by atoms with Crippen molar-refractivity contribution < 1.29 is 8.42 Å². The predicted molar refractivity (Wildman–Crippen MR) is 71.4 cm³/mol. The summed E-state index contributed by atoms with van der Waals surface area (Å²) in [6.07, 6.45) is 0.913. The first-order chi connectivity index (χ1) is 8.55. The molecule has 0 aromatic heterocycles. The third kappa shape index (κ3) is 1.37. The number of fused-ring (bicyclic) bond motifs is 3. The molecular weight excluding hydrogens is 244 g/mol. The molecule has 0 atom stereocenters. The maximum atomic E-state index is 12.5. The SMILES string of the molecule is CCc1cc(C)c2c(c1)-c1ccccc1S2(=O)=O. The summed E-state index contributed by atoms with van der Waals surface area (Å²) in [5, 5.41) is 0. The van der Waals surface area contributed by atoms with Crippen molar-refractivity contribution >= 4 is 9.84 Å². The van der Waals surface area contributed by atoms with Crippen molar-refractivity contribution in [3.8, 4) is 11.1 Å². The quantitative estimate of drug-likeness (QED) is 0.670. The maximum absolute atomic E-state index is 12.5. The minimum absolute atomic E-state index is 0.441. The molecule has 92 valence electrons. The molecule has 2 aromatic carbocycles. The molecule has 0 aliphatic carbocycles. The van der Waals surface area contributed by atoms with Gasteiger partial charge in [0, 0.05) is 11.1 Å². The minimum Gasteiger partial charge on any atom is -0.218 e. The van der Waals surface area contributed by atoms with Crippen LogP contribution in [0.4, 0.5) is 0 Å². The number of rotatable bonds is 1. The molecule has 0 spiro atoms. The number of sulfone groups is 1. The summed E-state index contributed by atoms with van der Waals surface area (Å²) >= 11 is 0. The van der Waals surface area contributed by atoms with Gasteiger partial charge < -0.3 is 0 Å². The third-order valence-corrected chi connectivity index (χ3v) is 5.49. The molecule has 0 unspecified atom stereocenters. The van der Waals surface area contributed by atoms with E-state index in [2.05, 4.69) is 6.92 Å². The topological polar surface area (TPSA) is 34.1 Å². The fourth-order valence-corrected chi connectivity index (χ4v) is 4.53. The summed E-state index contributed by atoms with van der Waals surface area (Å²) in [6, 6.07) is 11.2. The van der Waals surface area contributed by atoms with Gasteiger partial charge in [-0.3, -0.25) is 0 Å². The molecule has 0 amide bonds. The molecule has 0 N–H and O–H groups in total. The van der Waals surface area contributed by atoms with Crippen LogP contribution in [0.3, 0.4) is 0 Å². The normalized spacial score (nSPS) is 15.2. The minimum atomic E-state index is -3.32. The monoisotopic (exact) mass is 258 g/mol. The zero-order valence-corrected chi connectivity index (χ0v) is 11.2. The van der Waals surface area contributed by atoms with E-state index in [1.54, 1.807) is 12.1 Å². The Bertz CT molecular complexity index is 743. The van der Waals surface area contributed by atoms with Crippen LogP contribution < -0.4 is 0 Å². The molecule has 0 radical (unpaired) electrons. The molecule has 0 saturated carbocycles. The van der Waals surface area contributed by atoms with E-state index in [1.807, 2.05) is 31.2 Å². The molecule has 1 aliphatic rings. The largest absolute Gasteiger partial charge is 0.218 e. The molecule has 0 saturated heterocycles. The Kier molecular flexibility index (Phi) is 2.35. The van der Waals surface area contributed by atoms with Gasteiger partial charge >= 0.3 is 0 Å². The average molecular weight is 258 g/mol. The van der Waals surface area contributed by atoms with Crippen molar-refractivity contribution in [1.82, 2.24) is 0 Å². The lowest BCUT2D eigenvalue weighted by atomic mass is 9.99. The fourth-order valence-electron chi connectivity index (χ4n) is 2.64. The van der Waals surface area contributed by atoms with E-state index >= 15 is 0 Å².